The summed E-state index contributed by atoms with van der Waals surface area (Å²) >= 11 is 0. The largest absolute Gasteiger partial charge is 0.416 e. The molecule has 1 amide bonds. The molecule has 2 aromatic carbocycles. The number of anilines is 2. The normalized spacial score (nSPS) is 18.8. The van der Waals surface area contributed by atoms with Crippen LogP contribution in [-0.4, -0.2) is 20.5 Å². The summed E-state index contributed by atoms with van der Waals surface area (Å²) in [6, 6.07) is 10.4. The number of carbonyl (C=O) groups excluding carboxylic acids is 1. The second-order valence-corrected chi connectivity index (χ2v) is 6.95. The molecule has 0 saturated heterocycles. The molecule has 3 N–H and O–H groups in total. The first-order chi connectivity index (χ1) is 11.7. The number of hydrogen-bond acceptors (Lipinski definition) is 4. The Kier molecular flexibility index (Phi) is 4.17. The number of halogens is 3. The quantitative estimate of drug-likeness (QED) is 0.756. The van der Waals surface area contributed by atoms with Gasteiger partial charge in [-0.3, -0.25) is 4.79 Å². The molecule has 1 aliphatic rings. The molecule has 0 fully saturated rings. The van der Waals surface area contributed by atoms with Crippen molar-refractivity contribution < 1.29 is 26.4 Å². The summed E-state index contributed by atoms with van der Waals surface area (Å²) in [5.41, 5.74) is -0.886. The third kappa shape index (κ3) is 3.59. The molecule has 0 aromatic heterocycles. The number of carbonyl (C=O) groups is 1. The van der Waals surface area contributed by atoms with E-state index in [1.807, 2.05) is 0 Å². The summed E-state index contributed by atoms with van der Waals surface area (Å²) in [5.74, 6) is -0.752. The van der Waals surface area contributed by atoms with Gasteiger partial charge in [0, 0.05) is 5.69 Å². The van der Waals surface area contributed by atoms with Crippen molar-refractivity contribution in [1.82, 2.24) is 4.72 Å². The second-order valence-electron chi connectivity index (χ2n) is 5.26. The first-order valence-corrected chi connectivity index (χ1v) is 8.51. The standard InChI is InChI=1S/C15H12F3N3O3S/c16-15(17,18)9-6-7-12-11(8-9)20-13(21-25(12,23)24)14(22)19-10-4-2-1-3-5-10/h1-8,13,20-21H,(H,19,22). The van der Waals surface area contributed by atoms with E-state index in [0.717, 1.165) is 6.07 Å². The number of alkyl halides is 3. The number of benzene rings is 2. The van der Waals surface area contributed by atoms with Crippen molar-refractivity contribution >= 4 is 27.3 Å². The van der Waals surface area contributed by atoms with Crippen LogP contribution < -0.4 is 15.4 Å². The molecule has 0 spiro atoms. The Morgan fingerprint density at radius 1 is 1.08 bits per heavy atom. The predicted octanol–water partition coefficient (Wildman–Crippen LogP) is 2.37. The number of para-hydroxylation sites is 1. The van der Waals surface area contributed by atoms with Crippen LogP contribution in [0.2, 0.25) is 0 Å². The van der Waals surface area contributed by atoms with E-state index in [9.17, 15) is 26.4 Å². The maximum Gasteiger partial charge on any atom is 0.416 e. The van der Waals surface area contributed by atoms with Crippen molar-refractivity contribution in [3.63, 3.8) is 0 Å². The Morgan fingerprint density at radius 3 is 2.40 bits per heavy atom. The van der Waals surface area contributed by atoms with Crippen LogP contribution in [0.1, 0.15) is 5.56 Å². The lowest BCUT2D eigenvalue weighted by atomic mass is 10.2. The van der Waals surface area contributed by atoms with Crippen LogP contribution in [0.25, 0.3) is 0 Å². The molecular formula is C15H12F3N3O3S. The highest BCUT2D eigenvalue weighted by molar-refractivity contribution is 7.89. The fourth-order valence-corrected chi connectivity index (χ4v) is 3.57. The van der Waals surface area contributed by atoms with E-state index in [-0.39, 0.29) is 10.6 Å². The first kappa shape index (κ1) is 17.2. The third-order valence-corrected chi connectivity index (χ3v) is 4.95. The zero-order valence-corrected chi connectivity index (χ0v) is 13.3. The Labute approximate surface area is 141 Å². The molecule has 2 aromatic rings. The lowest BCUT2D eigenvalue weighted by Gasteiger charge is -2.27. The van der Waals surface area contributed by atoms with Crippen molar-refractivity contribution in [2.24, 2.45) is 0 Å². The van der Waals surface area contributed by atoms with Gasteiger partial charge in [-0.2, -0.15) is 17.9 Å². The molecule has 132 valence electrons. The average molecular weight is 371 g/mol. The summed E-state index contributed by atoms with van der Waals surface area (Å²) in [6.07, 6.45) is -6.08. The van der Waals surface area contributed by atoms with Crippen LogP contribution in [0, 0.1) is 0 Å². The van der Waals surface area contributed by atoms with Gasteiger partial charge in [0.1, 0.15) is 4.90 Å². The lowest BCUT2D eigenvalue weighted by Crippen LogP contribution is -2.51. The number of rotatable bonds is 2. The number of amides is 1. The first-order valence-electron chi connectivity index (χ1n) is 7.03. The monoisotopic (exact) mass is 371 g/mol. The molecule has 0 aliphatic carbocycles. The van der Waals surface area contributed by atoms with Gasteiger partial charge in [0.2, 0.25) is 10.0 Å². The van der Waals surface area contributed by atoms with Crippen molar-refractivity contribution in [3.8, 4) is 0 Å². The molecule has 1 aliphatic heterocycles. The topological polar surface area (TPSA) is 87.3 Å². The molecule has 0 saturated carbocycles. The maximum atomic E-state index is 12.8. The van der Waals surface area contributed by atoms with E-state index >= 15 is 0 Å². The molecule has 25 heavy (non-hydrogen) atoms. The van der Waals surface area contributed by atoms with Crippen molar-refractivity contribution in [2.75, 3.05) is 10.6 Å². The fraction of sp³-hybridized carbons (Fsp3) is 0.133. The Bertz CT molecular complexity index is 915. The average Bonchev–Trinajstić information content (AvgIpc) is 2.53. The fourth-order valence-electron chi connectivity index (χ4n) is 2.31. The van der Waals surface area contributed by atoms with Gasteiger partial charge < -0.3 is 10.6 Å². The van der Waals surface area contributed by atoms with Crippen molar-refractivity contribution in [2.45, 2.75) is 17.2 Å². The minimum absolute atomic E-state index is 0.290. The van der Waals surface area contributed by atoms with E-state index in [4.69, 9.17) is 0 Å². The number of hydrogen-bond donors (Lipinski definition) is 3. The zero-order chi connectivity index (χ0) is 18.2. The minimum atomic E-state index is -4.63. The van der Waals surface area contributed by atoms with Gasteiger partial charge in [0.25, 0.3) is 5.91 Å². The van der Waals surface area contributed by atoms with Gasteiger partial charge in [0.15, 0.2) is 6.17 Å². The molecule has 0 bridgehead atoms. The van der Waals surface area contributed by atoms with Gasteiger partial charge in [-0.05, 0) is 30.3 Å². The molecule has 6 nitrogen and oxygen atoms in total. The molecule has 1 heterocycles. The van der Waals surface area contributed by atoms with Crippen LogP contribution in [0.5, 0.6) is 0 Å². The van der Waals surface area contributed by atoms with Crippen molar-refractivity contribution in [3.05, 3.63) is 54.1 Å². The Balaban J connectivity index is 1.90. The SMILES string of the molecule is O=C(Nc1ccccc1)C1Nc2cc(C(F)(F)F)ccc2S(=O)(=O)N1. The zero-order valence-electron chi connectivity index (χ0n) is 12.5. The predicted molar refractivity (Wildman–Crippen MR) is 84.2 cm³/mol. The molecule has 1 atom stereocenters. The third-order valence-electron chi connectivity index (χ3n) is 3.47. The smallest absolute Gasteiger partial charge is 0.360 e. The minimum Gasteiger partial charge on any atom is -0.360 e. The molecule has 0 radical (unpaired) electrons. The summed E-state index contributed by atoms with van der Waals surface area (Å²) < 4.78 is 64.9. The summed E-state index contributed by atoms with van der Waals surface area (Å²) in [6.45, 7) is 0. The summed E-state index contributed by atoms with van der Waals surface area (Å²) in [7, 11) is -4.13. The van der Waals surface area contributed by atoms with E-state index in [1.165, 1.54) is 0 Å². The highest BCUT2D eigenvalue weighted by Crippen LogP contribution is 2.35. The van der Waals surface area contributed by atoms with E-state index in [2.05, 4.69) is 15.4 Å². The molecule has 3 rings (SSSR count). The lowest BCUT2D eigenvalue weighted by molar-refractivity contribution is -0.137. The summed E-state index contributed by atoms with van der Waals surface area (Å²) in [4.78, 5) is 11.9. The van der Waals surface area contributed by atoms with Gasteiger partial charge in [-0.15, -0.1) is 0 Å². The van der Waals surface area contributed by atoms with E-state index in [0.29, 0.717) is 17.8 Å². The van der Waals surface area contributed by atoms with Crippen LogP contribution in [-0.2, 0) is 21.0 Å². The van der Waals surface area contributed by atoms with Crippen LogP contribution in [0.3, 0.4) is 0 Å². The van der Waals surface area contributed by atoms with Gasteiger partial charge in [0.05, 0.1) is 11.3 Å². The highest BCUT2D eigenvalue weighted by atomic mass is 32.2. The maximum absolute atomic E-state index is 12.8. The second kappa shape index (κ2) is 6.05. The van der Waals surface area contributed by atoms with Gasteiger partial charge >= 0.3 is 6.18 Å². The molecular weight excluding hydrogens is 359 g/mol. The van der Waals surface area contributed by atoms with E-state index < -0.39 is 33.8 Å². The van der Waals surface area contributed by atoms with Crippen LogP contribution in [0.4, 0.5) is 24.5 Å². The van der Waals surface area contributed by atoms with Crippen LogP contribution in [0.15, 0.2) is 53.4 Å². The van der Waals surface area contributed by atoms with Gasteiger partial charge in [-0.1, -0.05) is 18.2 Å². The number of sulfonamides is 1. The van der Waals surface area contributed by atoms with Gasteiger partial charge in [-0.25, -0.2) is 8.42 Å². The summed E-state index contributed by atoms with van der Waals surface area (Å²) in [5, 5.41) is 4.96. The molecule has 1 unspecified atom stereocenters. The number of fused-ring (bicyclic) bond motifs is 1. The van der Waals surface area contributed by atoms with Crippen molar-refractivity contribution in [1.29, 1.82) is 0 Å². The highest BCUT2D eigenvalue weighted by Gasteiger charge is 2.37. The Morgan fingerprint density at radius 2 is 1.76 bits per heavy atom. The molecule has 10 heteroatoms. The van der Waals surface area contributed by atoms with Crippen LogP contribution >= 0.6 is 0 Å². The number of nitrogens with one attached hydrogen (secondary N) is 3. The Hall–Kier alpha value is -2.59. The van der Waals surface area contributed by atoms with E-state index in [1.54, 1.807) is 30.3 Å².